The molecule has 0 fully saturated rings. The van der Waals surface area contributed by atoms with Crippen LogP contribution in [0.25, 0.3) is 6.08 Å². The Kier molecular flexibility index (Phi) is 4.17. The van der Waals surface area contributed by atoms with Crippen LogP contribution in [0.1, 0.15) is 5.56 Å². The first-order chi connectivity index (χ1) is 6.65. The summed E-state index contributed by atoms with van der Waals surface area (Å²) in [6.45, 7) is 0.576. The standard InChI is InChI=1S/C11H15BrN2/c1-14(2)11-6-5-9(4-3-7-13)8-10(11)12/h3-6,8H,7,13H2,1-2H3/b4-3+. The highest BCUT2D eigenvalue weighted by atomic mass is 79.9. The first-order valence-electron chi connectivity index (χ1n) is 4.48. The van der Waals surface area contributed by atoms with Crippen molar-refractivity contribution in [3.63, 3.8) is 0 Å². The van der Waals surface area contributed by atoms with E-state index < -0.39 is 0 Å². The van der Waals surface area contributed by atoms with E-state index in [0.717, 1.165) is 10.0 Å². The molecule has 0 aromatic heterocycles. The maximum absolute atomic E-state index is 5.39. The Hall–Kier alpha value is -0.800. The molecule has 76 valence electrons. The van der Waals surface area contributed by atoms with Crippen LogP contribution in [0.5, 0.6) is 0 Å². The van der Waals surface area contributed by atoms with Gasteiger partial charge in [0.25, 0.3) is 0 Å². The molecule has 0 bridgehead atoms. The molecular weight excluding hydrogens is 240 g/mol. The van der Waals surface area contributed by atoms with Gasteiger partial charge in [-0.2, -0.15) is 0 Å². The third-order valence-electron chi connectivity index (χ3n) is 1.90. The van der Waals surface area contributed by atoms with E-state index in [1.54, 1.807) is 0 Å². The lowest BCUT2D eigenvalue weighted by Gasteiger charge is -2.14. The predicted octanol–water partition coefficient (Wildman–Crippen LogP) is 2.49. The molecule has 14 heavy (non-hydrogen) atoms. The summed E-state index contributed by atoms with van der Waals surface area (Å²) in [7, 11) is 4.05. The zero-order valence-electron chi connectivity index (χ0n) is 8.50. The summed E-state index contributed by atoms with van der Waals surface area (Å²) in [6, 6.07) is 6.24. The number of hydrogen-bond donors (Lipinski definition) is 1. The predicted molar refractivity (Wildman–Crippen MR) is 66.6 cm³/mol. The number of benzene rings is 1. The lowest BCUT2D eigenvalue weighted by molar-refractivity contribution is 1.12. The van der Waals surface area contributed by atoms with Gasteiger partial charge in [-0.15, -0.1) is 0 Å². The van der Waals surface area contributed by atoms with Gasteiger partial charge in [0.15, 0.2) is 0 Å². The second-order valence-corrected chi connectivity index (χ2v) is 4.10. The molecule has 3 heteroatoms. The van der Waals surface area contributed by atoms with E-state index in [2.05, 4.69) is 39.0 Å². The first kappa shape index (κ1) is 11.3. The Labute approximate surface area is 93.5 Å². The molecule has 0 radical (unpaired) electrons. The molecule has 0 atom stereocenters. The lowest BCUT2D eigenvalue weighted by atomic mass is 10.2. The molecule has 1 rings (SSSR count). The highest BCUT2D eigenvalue weighted by Crippen LogP contribution is 2.26. The normalized spacial score (nSPS) is 10.9. The van der Waals surface area contributed by atoms with Gasteiger partial charge in [0, 0.05) is 25.1 Å². The third-order valence-corrected chi connectivity index (χ3v) is 2.54. The second-order valence-electron chi connectivity index (χ2n) is 3.24. The number of rotatable bonds is 3. The number of hydrogen-bond acceptors (Lipinski definition) is 2. The van der Waals surface area contributed by atoms with Crippen LogP contribution in [-0.2, 0) is 0 Å². The number of nitrogens with zero attached hydrogens (tertiary/aromatic N) is 1. The second kappa shape index (κ2) is 5.17. The van der Waals surface area contributed by atoms with Crippen molar-refractivity contribution < 1.29 is 0 Å². The van der Waals surface area contributed by atoms with Gasteiger partial charge in [0.2, 0.25) is 0 Å². The molecule has 2 nitrogen and oxygen atoms in total. The van der Waals surface area contributed by atoms with Gasteiger partial charge < -0.3 is 10.6 Å². The van der Waals surface area contributed by atoms with Crippen LogP contribution < -0.4 is 10.6 Å². The summed E-state index contributed by atoms with van der Waals surface area (Å²) in [5.74, 6) is 0. The summed E-state index contributed by atoms with van der Waals surface area (Å²) in [6.07, 6.45) is 3.96. The molecule has 0 spiro atoms. The Balaban J connectivity index is 2.94. The van der Waals surface area contributed by atoms with Crippen molar-refractivity contribution in [3.05, 3.63) is 34.3 Å². The van der Waals surface area contributed by atoms with E-state index in [0.29, 0.717) is 6.54 Å². The van der Waals surface area contributed by atoms with E-state index in [1.165, 1.54) is 5.69 Å². The third kappa shape index (κ3) is 2.86. The fraction of sp³-hybridized carbons (Fsp3) is 0.273. The molecule has 2 N–H and O–H groups in total. The van der Waals surface area contributed by atoms with Crippen molar-refractivity contribution in [1.29, 1.82) is 0 Å². The minimum absolute atomic E-state index is 0.576. The van der Waals surface area contributed by atoms with E-state index in [1.807, 2.05) is 26.2 Å². The van der Waals surface area contributed by atoms with Crippen molar-refractivity contribution in [2.45, 2.75) is 0 Å². The minimum Gasteiger partial charge on any atom is -0.377 e. The monoisotopic (exact) mass is 254 g/mol. The molecule has 0 saturated heterocycles. The molecule has 0 aliphatic heterocycles. The maximum Gasteiger partial charge on any atom is 0.0505 e. The van der Waals surface area contributed by atoms with Crippen molar-refractivity contribution in [3.8, 4) is 0 Å². The van der Waals surface area contributed by atoms with E-state index >= 15 is 0 Å². The maximum atomic E-state index is 5.39. The number of nitrogens with two attached hydrogens (primary N) is 1. The van der Waals surface area contributed by atoms with Crippen LogP contribution in [0.15, 0.2) is 28.7 Å². The highest BCUT2D eigenvalue weighted by molar-refractivity contribution is 9.10. The summed E-state index contributed by atoms with van der Waals surface area (Å²) in [5, 5.41) is 0. The SMILES string of the molecule is CN(C)c1ccc(/C=C/CN)cc1Br. The first-order valence-corrected chi connectivity index (χ1v) is 5.28. The van der Waals surface area contributed by atoms with Gasteiger partial charge in [-0.3, -0.25) is 0 Å². The minimum atomic E-state index is 0.576. The quantitative estimate of drug-likeness (QED) is 0.899. The summed E-state index contributed by atoms with van der Waals surface area (Å²) < 4.78 is 1.10. The van der Waals surface area contributed by atoms with Crippen molar-refractivity contribution >= 4 is 27.7 Å². The largest absolute Gasteiger partial charge is 0.377 e. The van der Waals surface area contributed by atoms with Crippen LogP contribution >= 0.6 is 15.9 Å². The summed E-state index contributed by atoms with van der Waals surface area (Å²) >= 11 is 3.53. The molecule has 0 saturated carbocycles. The molecule has 0 aliphatic carbocycles. The average Bonchev–Trinajstić information content (AvgIpc) is 2.14. The van der Waals surface area contributed by atoms with Gasteiger partial charge >= 0.3 is 0 Å². The van der Waals surface area contributed by atoms with Crippen LogP contribution in [0.4, 0.5) is 5.69 Å². The Morgan fingerprint density at radius 1 is 1.43 bits per heavy atom. The van der Waals surface area contributed by atoms with Crippen molar-refractivity contribution in [2.75, 3.05) is 25.5 Å². The van der Waals surface area contributed by atoms with Gasteiger partial charge in [0.1, 0.15) is 0 Å². The molecule has 1 aromatic rings. The summed E-state index contributed by atoms with van der Waals surface area (Å²) in [4.78, 5) is 2.07. The van der Waals surface area contributed by atoms with Crippen LogP contribution in [0.3, 0.4) is 0 Å². The summed E-state index contributed by atoms with van der Waals surface area (Å²) in [5.41, 5.74) is 7.72. The molecule has 1 aromatic carbocycles. The lowest BCUT2D eigenvalue weighted by Crippen LogP contribution is -2.09. The van der Waals surface area contributed by atoms with E-state index in [4.69, 9.17) is 5.73 Å². The smallest absolute Gasteiger partial charge is 0.0505 e. The Morgan fingerprint density at radius 2 is 2.14 bits per heavy atom. The zero-order chi connectivity index (χ0) is 10.6. The van der Waals surface area contributed by atoms with Gasteiger partial charge in [-0.25, -0.2) is 0 Å². The Morgan fingerprint density at radius 3 is 2.64 bits per heavy atom. The van der Waals surface area contributed by atoms with Crippen LogP contribution in [0.2, 0.25) is 0 Å². The fourth-order valence-corrected chi connectivity index (χ4v) is 1.94. The van der Waals surface area contributed by atoms with Crippen LogP contribution in [0, 0.1) is 0 Å². The van der Waals surface area contributed by atoms with Gasteiger partial charge in [-0.05, 0) is 33.6 Å². The average molecular weight is 255 g/mol. The molecule has 0 unspecified atom stereocenters. The van der Waals surface area contributed by atoms with Crippen molar-refractivity contribution in [1.82, 2.24) is 0 Å². The zero-order valence-corrected chi connectivity index (χ0v) is 10.1. The molecule has 0 amide bonds. The van der Waals surface area contributed by atoms with Gasteiger partial charge in [0.05, 0.1) is 5.69 Å². The highest BCUT2D eigenvalue weighted by Gasteiger charge is 2.01. The Bertz CT molecular complexity index is 332. The molecule has 0 aliphatic rings. The fourth-order valence-electron chi connectivity index (χ4n) is 1.19. The van der Waals surface area contributed by atoms with Crippen molar-refractivity contribution in [2.24, 2.45) is 5.73 Å². The topological polar surface area (TPSA) is 29.3 Å². The molecule has 0 heterocycles. The van der Waals surface area contributed by atoms with E-state index in [9.17, 15) is 0 Å². The number of anilines is 1. The van der Waals surface area contributed by atoms with Gasteiger partial charge in [-0.1, -0.05) is 18.2 Å². The van der Waals surface area contributed by atoms with E-state index in [-0.39, 0.29) is 0 Å². The molecular formula is C11H15BrN2. The number of halogens is 1. The van der Waals surface area contributed by atoms with Crippen LogP contribution in [-0.4, -0.2) is 20.6 Å².